The van der Waals surface area contributed by atoms with E-state index in [0.29, 0.717) is 45.8 Å². The van der Waals surface area contributed by atoms with Gasteiger partial charge in [-0.1, -0.05) is 29.8 Å². The number of anilines is 5. The van der Waals surface area contributed by atoms with Crippen molar-refractivity contribution >= 4 is 76.5 Å². The predicted octanol–water partition coefficient (Wildman–Crippen LogP) is 5.03. The average Bonchev–Trinajstić information content (AvgIpc) is 3.40. The normalized spacial score (nSPS) is 17.7. The lowest BCUT2D eigenvalue weighted by molar-refractivity contribution is -0.136. The van der Waals surface area contributed by atoms with Gasteiger partial charge in [-0.3, -0.25) is 29.4 Å². The topological polar surface area (TPSA) is 175 Å². The maximum atomic E-state index is 13.2. The molecule has 1 atom stereocenters. The van der Waals surface area contributed by atoms with E-state index >= 15 is 0 Å². The number of nitrogens with one attached hydrogen (secondary N) is 4. The zero-order valence-electron chi connectivity index (χ0n) is 30.0. The summed E-state index contributed by atoms with van der Waals surface area (Å²) in [5, 5.41) is 13.3. The van der Waals surface area contributed by atoms with Gasteiger partial charge in [-0.25, -0.2) is 4.98 Å². The van der Waals surface area contributed by atoms with E-state index in [1.165, 1.54) is 6.20 Å². The summed E-state index contributed by atoms with van der Waals surface area (Å²) in [4.78, 5) is 62.5. The van der Waals surface area contributed by atoms with E-state index in [9.17, 15) is 23.7 Å². The van der Waals surface area contributed by atoms with Gasteiger partial charge in [0.2, 0.25) is 17.8 Å². The van der Waals surface area contributed by atoms with Gasteiger partial charge in [-0.2, -0.15) is 4.98 Å². The first-order chi connectivity index (χ1) is 25.9. The minimum Gasteiger partial charge on any atom is -0.494 e. The Bertz CT molecular complexity index is 2200. The molecule has 7 rings (SSSR count). The molecule has 2 fully saturated rings. The number of aromatic nitrogens is 2. The Labute approximate surface area is 317 Å². The van der Waals surface area contributed by atoms with Gasteiger partial charge in [0, 0.05) is 49.2 Å². The van der Waals surface area contributed by atoms with Crippen molar-refractivity contribution in [3.63, 3.8) is 0 Å². The number of fused-ring (bicyclic) bond motifs is 1. The summed E-state index contributed by atoms with van der Waals surface area (Å²) in [5.74, 6) is -0.759. The van der Waals surface area contributed by atoms with Crippen LogP contribution >= 0.6 is 18.7 Å². The predicted molar refractivity (Wildman–Crippen MR) is 207 cm³/mol. The number of carbonyl (C=O) groups is 4. The smallest absolute Gasteiger partial charge is 0.262 e. The second kappa shape index (κ2) is 15.2. The molecule has 16 heteroatoms. The van der Waals surface area contributed by atoms with Crippen LogP contribution in [0.1, 0.15) is 52.0 Å². The van der Waals surface area contributed by atoms with Gasteiger partial charge in [-0.05, 0) is 74.6 Å². The van der Waals surface area contributed by atoms with Gasteiger partial charge in [0.15, 0.2) is 5.82 Å². The largest absolute Gasteiger partial charge is 0.494 e. The molecule has 3 aliphatic rings. The minimum absolute atomic E-state index is 0.0783. The molecule has 1 aromatic heterocycles. The summed E-state index contributed by atoms with van der Waals surface area (Å²) >= 11 is 6.45. The third-order valence-electron chi connectivity index (χ3n) is 9.87. The molecule has 4 amide bonds. The zero-order chi connectivity index (χ0) is 38.1. The molecule has 0 bridgehead atoms. The maximum Gasteiger partial charge on any atom is 0.262 e. The van der Waals surface area contributed by atoms with Gasteiger partial charge < -0.3 is 30.2 Å². The molecule has 4 heterocycles. The number of carbonyl (C=O) groups excluding carboxylic acids is 4. The van der Waals surface area contributed by atoms with Crippen LogP contribution in [0.15, 0.2) is 66.9 Å². The highest BCUT2D eigenvalue weighted by Gasteiger charge is 2.44. The Morgan fingerprint density at radius 3 is 2.43 bits per heavy atom. The van der Waals surface area contributed by atoms with E-state index in [1.807, 2.05) is 48.5 Å². The number of amides is 4. The quantitative estimate of drug-likeness (QED) is 0.118. The highest BCUT2D eigenvalue weighted by atomic mass is 35.5. The molecule has 4 N–H and O–H groups in total. The summed E-state index contributed by atoms with van der Waals surface area (Å²) in [7, 11) is -0.956. The molecule has 0 radical (unpaired) electrons. The number of piperidine rings is 2. The van der Waals surface area contributed by atoms with E-state index in [1.54, 1.807) is 32.6 Å². The third-order valence-corrected chi connectivity index (χ3v) is 11.7. The Balaban J connectivity index is 0.949. The third kappa shape index (κ3) is 7.68. The van der Waals surface area contributed by atoms with Crippen LogP contribution in [0.2, 0.25) is 5.02 Å². The highest BCUT2D eigenvalue weighted by Crippen LogP contribution is 2.39. The van der Waals surface area contributed by atoms with E-state index in [2.05, 4.69) is 36.1 Å². The van der Waals surface area contributed by atoms with Crippen LogP contribution in [0.3, 0.4) is 0 Å². The Morgan fingerprint density at radius 2 is 1.69 bits per heavy atom. The Hall–Kier alpha value is -5.30. The Kier molecular flexibility index (Phi) is 10.4. The van der Waals surface area contributed by atoms with Gasteiger partial charge in [-0.15, -0.1) is 0 Å². The Morgan fingerprint density at radius 1 is 0.926 bits per heavy atom. The fourth-order valence-corrected chi connectivity index (χ4v) is 8.32. The average molecular weight is 771 g/mol. The van der Waals surface area contributed by atoms with E-state index in [4.69, 9.17) is 16.3 Å². The second-order valence-corrected chi connectivity index (χ2v) is 17.5. The number of rotatable bonds is 11. The lowest BCUT2D eigenvalue weighted by Gasteiger charge is -2.34. The zero-order valence-corrected chi connectivity index (χ0v) is 31.7. The number of ether oxygens (including phenoxy) is 1. The van der Waals surface area contributed by atoms with Gasteiger partial charge in [0.05, 0.1) is 35.8 Å². The molecule has 2 saturated heterocycles. The number of benzene rings is 3. The van der Waals surface area contributed by atoms with E-state index in [-0.39, 0.29) is 30.0 Å². The lowest BCUT2D eigenvalue weighted by atomic mass is 10.0. The molecular formula is C38H40ClN8O6P. The van der Waals surface area contributed by atoms with Crippen molar-refractivity contribution < 1.29 is 28.5 Å². The summed E-state index contributed by atoms with van der Waals surface area (Å²) in [5.41, 5.74) is 3.75. The van der Waals surface area contributed by atoms with Crippen LogP contribution < -0.4 is 36.2 Å². The fraction of sp³-hybridized carbons (Fsp3) is 0.316. The number of nitrogens with zero attached hydrogens (tertiary/aromatic N) is 4. The lowest BCUT2D eigenvalue weighted by Crippen LogP contribution is -2.54. The number of methoxy groups -OCH3 is 1. The molecule has 4 aromatic rings. The van der Waals surface area contributed by atoms with Gasteiger partial charge >= 0.3 is 0 Å². The molecule has 280 valence electrons. The van der Waals surface area contributed by atoms with Crippen LogP contribution in [0.4, 0.5) is 28.8 Å². The SMILES string of the molecule is COc1cc(N2CCC(NCc3ccc4c(c3)C(=O)N(C3CCC(=O)NC3=O)C4=O)CC2)ccc1Nc1ncc(Cl)c(Nc2ccccc2P(C)(C)=O)n1. The van der Waals surface area contributed by atoms with Crippen molar-refractivity contribution in [2.75, 3.05) is 49.1 Å². The summed E-state index contributed by atoms with van der Waals surface area (Å²) in [6, 6.07) is 17.7. The minimum atomic E-state index is -2.56. The van der Waals surface area contributed by atoms with Crippen molar-refractivity contribution in [2.45, 2.75) is 44.3 Å². The standard InChI is InChI=1S/C38H40ClN8O6P/c1-53-31-19-24(9-11-28(31)43-38-41-21-27(39)34(45-38)42-29-6-4-5-7-32(29)54(2,3)52)46-16-14-23(15-17-46)40-20-22-8-10-25-26(18-22)37(51)47(36(25)50)30-12-13-33(48)44-35(30)49/h4-11,18-19,21,23,30,40H,12-17,20H2,1-3H3,(H,44,48,49)(H2,41,42,43,45). The second-order valence-electron chi connectivity index (χ2n) is 13.9. The number of hydrogen-bond donors (Lipinski definition) is 4. The number of para-hydroxylation sites is 1. The van der Waals surface area contributed by atoms with Gasteiger partial charge in [0.1, 0.15) is 24.0 Å². The van der Waals surface area contributed by atoms with E-state index < -0.39 is 36.8 Å². The molecule has 0 spiro atoms. The fourth-order valence-electron chi connectivity index (χ4n) is 7.02. The first kappa shape index (κ1) is 37.0. The summed E-state index contributed by atoms with van der Waals surface area (Å²) < 4.78 is 18.6. The van der Waals surface area contributed by atoms with Crippen LogP contribution in [0.25, 0.3) is 0 Å². The van der Waals surface area contributed by atoms with Crippen molar-refractivity contribution in [2.24, 2.45) is 0 Å². The molecular weight excluding hydrogens is 731 g/mol. The molecule has 3 aliphatic heterocycles. The molecule has 54 heavy (non-hydrogen) atoms. The van der Waals surface area contributed by atoms with E-state index in [0.717, 1.165) is 42.1 Å². The first-order valence-corrected chi connectivity index (χ1v) is 20.6. The number of halogens is 1. The van der Waals surface area contributed by atoms with Crippen LogP contribution in [-0.4, -0.2) is 84.1 Å². The summed E-state index contributed by atoms with van der Waals surface area (Å²) in [6.07, 6.45) is 3.47. The number of imide groups is 2. The van der Waals surface area contributed by atoms with Crippen LogP contribution in [0.5, 0.6) is 5.75 Å². The van der Waals surface area contributed by atoms with Crippen molar-refractivity contribution in [1.82, 2.24) is 25.5 Å². The molecule has 3 aromatic carbocycles. The molecule has 1 unspecified atom stereocenters. The van der Waals surface area contributed by atoms with Crippen molar-refractivity contribution in [3.8, 4) is 5.75 Å². The van der Waals surface area contributed by atoms with Gasteiger partial charge in [0.25, 0.3) is 11.8 Å². The summed E-state index contributed by atoms with van der Waals surface area (Å²) in [6.45, 7) is 5.57. The van der Waals surface area contributed by atoms with Crippen molar-refractivity contribution in [3.05, 3.63) is 88.6 Å². The maximum absolute atomic E-state index is 13.2. The first-order valence-electron chi connectivity index (χ1n) is 17.6. The van der Waals surface area contributed by atoms with Crippen molar-refractivity contribution in [1.29, 1.82) is 0 Å². The highest BCUT2D eigenvalue weighted by molar-refractivity contribution is 7.70. The van der Waals surface area contributed by atoms with Crippen LogP contribution in [-0.2, 0) is 20.7 Å². The number of hydrogen-bond acceptors (Lipinski definition) is 12. The molecule has 0 aliphatic carbocycles. The monoisotopic (exact) mass is 770 g/mol. The van der Waals surface area contributed by atoms with Crippen LogP contribution in [0, 0.1) is 0 Å². The molecule has 14 nitrogen and oxygen atoms in total. The molecule has 0 saturated carbocycles.